The Morgan fingerprint density at radius 3 is 2.62 bits per heavy atom. The Hall–Kier alpha value is -2.34. The summed E-state index contributed by atoms with van der Waals surface area (Å²) in [5, 5.41) is 3.02. The van der Waals surface area contributed by atoms with Gasteiger partial charge in [0.1, 0.15) is 0 Å². The van der Waals surface area contributed by atoms with Crippen LogP contribution in [-0.2, 0) is 4.79 Å². The summed E-state index contributed by atoms with van der Waals surface area (Å²) in [5.41, 5.74) is 1.09. The number of hydrogen-bond acceptors (Lipinski definition) is 2. The molecule has 0 heterocycles. The smallest absolute Gasteiger partial charge is 0.228 e. The van der Waals surface area contributed by atoms with Gasteiger partial charge < -0.3 is 10.1 Å². The normalized spacial score (nSPS) is 11.1. The quantitative estimate of drug-likeness (QED) is 0.473. The van der Waals surface area contributed by atoms with Crippen LogP contribution in [0.2, 0.25) is 0 Å². The van der Waals surface area contributed by atoms with Crippen LogP contribution in [0, 0.1) is 6.57 Å². The summed E-state index contributed by atoms with van der Waals surface area (Å²) in [4.78, 5) is 14.0. The summed E-state index contributed by atoms with van der Waals surface area (Å²) in [6, 6.07) is 9.63. The molecule has 0 saturated carbocycles. The molecule has 0 unspecified atom stereocenters. The van der Waals surface area contributed by atoms with E-state index in [9.17, 15) is 4.79 Å². The molecule has 1 rings (SSSR count). The molecular formula is C13H12N2O. The summed E-state index contributed by atoms with van der Waals surface area (Å²) in [6.07, 6.45) is 4.82. The largest absolute Gasteiger partial charge is 0.362 e. The Labute approximate surface area is 94.9 Å². The molecule has 1 aromatic carbocycles. The number of allylic oxidation sites excluding steroid dienone is 3. The van der Waals surface area contributed by atoms with Crippen molar-refractivity contribution < 1.29 is 4.79 Å². The molecule has 0 aromatic heterocycles. The number of carbonyl (C=O) groups is 1. The first-order valence-electron chi connectivity index (χ1n) is 4.81. The fourth-order valence-electron chi connectivity index (χ4n) is 1.05. The second-order valence-corrected chi connectivity index (χ2v) is 3.09. The zero-order valence-electron chi connectivity index (χ0n) is 8.97. The molecule has 80 valence electrons. The van der Waals surface area contributed by atoms with Crippen molar-refractivity contribution in [1.29, 1.82) is 0 Å². The van der Waals surface area contributed by atoms with Crippen LogP contribution in [0.1, 0.15) is 6.92 Å². The van der Waals surface area contributed by atoms with E-state index < -0.39 is 0 Å². The number of para-hydroxylation sites is 1. The first kappa shape index (κ1) is 11.7. The predicted octanol–water partition coefficient (Wildman–Crippen LogP) is 3.00. The molecule has 3 nitrogen and oxygen atoms in total. The lowest BCUT2D eigenvalue weighted by atomic mass is 10.3. The van der Waals surface area contributed by atoms with E-state index in [1.807, 2.05) is 30.3 Å². The topological polar surface area (TPSA) is 33.5 Å². The Morgan fingerprint density at radius 1 is 1.38 bits per heavy atom. The third-order valence-electron chi connectivity index (χ3n) is 1.86. The van der Waals surface area contributed by atoms with Gasteiger partial charge in [0.05, 0.1) is 6.57 Å². The molecule has 1 N–H and O–H groups in total. The molecule has 0 bridgehead atoms. The minimum Gasteiger partial charge on any atom is -0.362 e. The summed E-state index contributed by atoms with van der Waals surface area (Å²) >= 11 is 0. The van der Waals surface area contributed by atoms with Gasteiger partial charge >= 0.3 is 0 Å². The zero-order valence-corrected chi connectivity index (χ0v) is 8.97. The number of ketones is 1. The van der Waals surface area contributed by atoms with Crippen molar-refractivity contribution in [2.75, 3.05) is 5.32 Å². The first-order chi connectivity index (χ1) is 7.74. The van der Waals surface area contributed by atoms with E-state index in [2.05, 4.69) is 10.2 Å². The Morgan fingerprint density at radius 2 is 2.06 bits per heavy atom. The van der Waals surface area contributed by atoms with Gasteiger partial charge in [-0.1, -0.05) is 30.4 Å². The molecule has 0 saturated heterocycles. The monoisotopic (exact) mass is 212 g/mol. The summed E-state index contributed by atoms with van der Waals surface area (Å²) in [6.45, 7) is 8.15. The van der Waals surface area contributed by atoms with Gasteiger partial charge in [-0.15, -0.1) is 0 Å². The molecule has 0 aliphatic carbocycles. The Kier molecular flexibility index (Phi) is 4.55. The summed E-state index contributed by atoms with van der Waals surface area (Å²) < 4.78 is 0. The molecule has 3 heteroatoms. The van der Waals surface area contributed by atoms with E-state index in [1.54, 1.807) is 12.3 Å². The van der Waals surface area contributed by atoms with Crippen molar-refractivity contribution in [1.82, 2.24) is 0 Å². The van der Waals surface area contributed by atoms with Gasteiger partial charge in [-0.3, -0.25) is 0 Å². The second-order valence-electron chi connectivity index (χ2n) is 3.09. The van der Waals surface area contributed by atoms with Gasteiger partial charge in [-0.05, 0) is 25.3 Å². The molecule has 0 aliphatic rings. The summed E-state index contributed by atoms with van der Waals surface area (Å²) in [5.74, 6) is -0.223. The molecule has 1 aromatic rings. The van der Waals surface area contributed by atoms with Crippen molar-refractivity contribution >= 4 is 11.5 Å². The van der Waals surface area contributed by atoms with E-state index in [4.69, 9.17) is 6.57 Å². The fraction of sp³-hybridized carbons (Fsp3) is 0.0769. The van der Waals surface area contributed by atoms with Gasteiger partial charge in [0.25, 0.3) is 0 Å². The molecule has 0 amide bonds. The van der Waals surface area contributed by atoms with Crippen molar-refractivity contribution in [3.8, 4) is 0 Å². The van der Waals surface area contributed by atoms with E-state index >= 15 is 0 Å². The van der Waals surface area contributed by atoms with E-state index in [-0.39, 0.29) is 11.5 Å². The minimum absolute atomic E-state index is 0.131. The second kappa shape index (κ2) is 6.20. The van der Waals surface area contributed by atoms with Crippen LogP contribution in [0.4, 0.5) is 5.69 Å². The number of nitrogens with zero attached hydrogens (tertiary/aromatic N) is 1. The molecule has 16 heavy (non-hydrogen) atoms. The first-order valence-corrected chi connectivity index (χ1v) is 4.81. The average Bonchev–Trinajstić information content (AvgIpc) is 2.30. The molecule has 0 spiro atoms. The maximum absolute atomic E-state index is 10.9. The fourth-order valence-corrected chi connectivity index (χ4v) is 1.05. The highest BCUT2D eigenvalue weighted by Crippen LogP contribution is 2.04. The number of carbonyl (C=O) groups excluding carboxylic acids is 1. The molecule has 0 atom stereocenters. The number of rotatable bonds is 4. The zero-order chi connectivity index (χ0) is 11.8. The van der Waals surface area contributed by atoms with Crippen molar-refractivity contribution in [3.05, 3.63) is 65.8 Å². The molecule has 0 radical (unpaired) electrons. The standard InChI is InChI=1S/C13H12N2O/c1-11(16)13(14-2)9-6-10-15-12-7-4-3-5-8-12/h3-10,15H,1H3/b10-6+,13-9-. The van der Waals surface area contributed by atoms with Crippen LogP contribution < -0.4 is 5.32 Å². The van der Waals surface area contributed by atoms with Gasteiger partial charge in [0.15, 0.2) is 5.78 Å². The van der Waals surface area contributed by atoms with Crippen LogP contribution >= 0.6 is 0 Å². The van der Waals surface area contributed by atoms with Gasteiger partial charge in [0, 0.05) is 5.69 Å². The highest BCUT2D eigenvalue weighted by molar-refractivity contribution is 5.95. The third kappa shape index (κ3) is 3.81. The molecule has 0 fully saturated rings. The maximum Gasteiger partial charge on any atom is 0.228 e. The van der Waals surface area contributed by atoms with E-state index in [0.717, 1.165) is 5.69 Å². The van der Waals surface area contributed by atoms with Gasteiger partial charge in [0.2, 0.25) is 5.70 Å². The number of anilines is 1. The lowest BCUT2D eigenvalue weighted by Crippen LogP contribution is -1.90. The number of nitrogens with one attached hydrogen (secondary N) is 1. The van der Waals surface area contributed by atoms with Crippen LogP contribution in [0.5, 0.6) is 0 Å². The molecule has 0 aliphatic heterocycles. The minimum atomic E-state index is -0.223. The van der Waals surface area contributed by atoms with Gasteiger partial charge in [-0.2, -0.15) is 0 Å². The van der Waals surface area contributed by atoms with Gasteiger partial charge in [-0.25, -0.2) is 4.85 Å². The summed E-state index contributed by atoms with van der Waals surface area (Å²) in [7, 11) is 0. The Bertz CT molecular complexity index is 453. The Balaban J connectivity index is 2.57. The molecular weight excluding hydrogens is 200 g/mol. The lowest BCUT2D eigenvalue weighted by molar-refractivity contribution is -0.113. The van der Waals surface area contributed by atoms with Crippen molar-refractivity contribution in [2.24, 2.45) is 0 Å². The number of hydrogen-bond donors (Lipinski definition) is 1. The van der Waals surface area contributed by atoms with E-state index in [0.29, 0.717) is 0 Å². The lowest BCUT2D eigenvalue weighted by Gasteiger charge is -1.97. The average molecular weight is 212 g/mol. The van der Waals surface area contributed by atoms with E-state index in [1.165, 1.54) is 13.0 Å². The van der Waals surface area contributed by atoms with Crippen LogP contribution in [0.3, 0.4) is 0 Å². The SMILES string of the molecule is [C-]#[N+]/C(=C\C=C\Nc1ccccc1)C(C)=O. The van der Waals surface area contributed by atoms with Crippen molar-refractivity contribution in [2.45, 2.75) is 6.92 Å². The van der Waals surface area contributed by atoms with Crippen LogP contribution in [-0.4, -0.2) is 5.78 Å². The number of Topliss-reactive ketones (excluding diaryl/α,β-unsaturated/α-hetero) is 1. The third-order valence-corrected chi connectivity index (χ3v) is 1.86. The number of benzene rings is 1. The predicted molar refractivity (Wildman–Crippen MR) is 64.6 cm³/mol. The van der Waals surface area contributed by atoms with Crippen molar-refractivity contribution in [3.63, 3.8) is 0 Å². The highest BCUT2D eigenvalue weighted by atomic mass is 16.1. The maximum atomic E-state index is 10.9. The van der Waals surface area contributed by atoms with Crippen LogP contribution in [0.25, 0.3) is 4.85 Å². The highest BCUT2D eigenvalue weighted by Gasteiger charge is 1.99. The van der Waals surface area contributed by atoms with Crippen LogP contribution in [0.15, 0.2) is 54.4 Å².